The molecule has 0 spiro atoms. The number of anilines is 1. The van der Waals surface area contributed by atoms with Gasteiger partial charge in [0.05, 0.1) is 28.6 Å². The van der Waals surface area contributed by atoms with Gasteiger partial charge in [0.2, 0.25) is 0 Å². The SMILES string of the molecule is C1=C(c2cc3c(-c4cc5c(N6CCCCC6)nccc5[nH]4)n[nH]c3cn2)CCNC1. The van der Waals surface area contributed by atoms with Crippen LogP contribution < -0.4 is 10.2 Å². The second-order valence-corrected chi connectivity index (χ2v) is 8.20. The molecule has 4 aromatic heterocycles. The van der Waals surface area contributed by atoms with Gasteiger partial charge in [-0.3, -0.25) is 10.1 Å². The van der Waals surface area contributed by atoms with Crippen molar-refractivity contribution in [1.82, 2.24) is 30.5 Å². The molecule has 4 aromatic rings. The van der Waals surface area contributed by atoms with Crippen LogP contribution in [-0.4, -0.2) is 51.3 Å². The minimum Gasteiger partial charge on any atom is -0.356 e. The van der Waals surface area contributed by atoms with Crippen LogP contribution >= 0.6 is 0 Å². The van der Waals surface area contributed by atoms with E-state index in [4.69, 9.17) is 4.98 Å². The summed E-state index contributed by atoms with van der Waals surface area (Å²) in [4.78, 5) is 15.4. The quantitative estimate of drug-likeness (QED) is 0.487. The zero-order chi connectivity index (χ0) is 19.9. The number of hydrogen-bond donors (Lipinski definition) is 3. The number of hydrogen-bond acceptors (Lipinski definition) is 5. The molecule has 0 saturated carbocycles. The molecular weight excluding hydrogens is 374 g/mol. The highest BCUT2D eigenvalue weighted by molar-refractivity contribution is 5.99. The van der Waals surface area contributed by atoms with Gasteiger partial charge >= 0.3 is 0 Å². The highest BCUT2D eigenvalue weighted by Gasteiger charge is 2.19. The van der Waals surface area contributed by atoms with E-state index in [0.29, 0.717) is 0 Å². The summed E-state index contributed by atoms with van der Waals surface area (Å²) < 4.78 is 0. The van der Waals surface area contributed by atoms with Gasteiger partial charge in [-0.25, -0.2) is 4.98 Å². The third kappa shape index (κ3) is 2.97. The second-order valence-electron chi connectivity index (χ2n) is 8.20. The minimum atomic E-state index is 0.904. The van der Waals surface area contributed by atoms with E-state index in [2.05, 4.69) is 48.6 Å². The van der Waals surface area contributed by atoms with Crippen molar-refractivity contribution >= 4 is 33.2 Å². The lowest BCUT2D eigenvalue weighted by molar-refractivity contribution is 0.575. The van der Waals surface area contributed by atoms with Crippen LogP contribution in [0.2, 0.25) is 0 Å². The molecule has 6 rings (SSSR count). The maximum Gasteiger partial charge on any atom is 0.137 e. The number of piperidine rings is 1. The summed E-state index contributed by atoms with van der Waals surface area (Å²) in [6.07, 6.45) is 10.8. The molecule has 7 heteroatoms. The lowest BCUT2D eigenvalue weighted by atomic mass is 10.0. The maximum absolute atomic E-state index is 4.72. The molecule has 0 aromatic carbocycles. The van der Waals surface area contributed by atoms with Crippen molar-refractivity contribution in [1.29, 1.82) is 0 Å². The smallest absolute Gasteiger partial charge is 0.137 e. The van der Waals surface area contributed by atoms with Gasteiger partial charge in [-0.15, -0.1) is 0 Å². The summed E-state index contributed by atoms with van der Waals surface area (Å²) >= 11 is 0. The Balaban J connectivity index is 1.44. The Labute approximate surface area is 174 Å². The van der Waals surface area contributed by atoms with E-state index >= 15 is 0 Å². The lowest BCUT2D eigenvalue weighted by Gasteiger charge is -2.28. The fraction of sp³-hybridized carbons (Fsp3) is 0.348. The molecule has 1 saturated heterocycles. The molecule has 1 fully saturated rings. The fourth-order valence-electron chi connectivity index (χ4n) is 4.68. The van der Waals surface area contributed by atoms with E-state index in [9.17, 15) is 0 Å². The predicted octanol–water partition coefficient (Wildman–Crippen LogP) is 3.87. The van der Waals surface area contributed by atoms with E-state index in [0.717, 1.165) is 71.9 Å². The number of H-pyrrole nitrogens is 2. The molecule has 0 aliphatic carbocycles. The minimum absolute atomic E-state index is 0.904. The molecule has 2 aliphatic rings. The van der Waals surface area contributed by atoms with Crippen molar-refractivity contribution in [2.45, 2.75) is 25.7 Å². The number of fused-ring (bicyclic) bond motifs is 2. The third-order valence-electron chi connectivity index (χ3n) is 6.28. The van der Waals surface area contributed by atoms with Gasteiger partial charge in [0.15, 0.2) is 0 Å². The second kappa shape index (κ2) is 7.25. The largest absolute Gasteiger partial charge is 0.356 e. The van der Waals surface area contributed by atoms with Crippen LogP contribution in [0.4, 0.5) is 5.82 Å². The van der Waals surface area contributed by atoms with Gasteiger partial charge < -0.3 is 15.2 Å². The van der Waals surface area contributed by atoms with Crippen molar-refractivity contribution in [2.24, 2.45) is 0 Å². The van der Waals surface area contributed by atoms with Gasteiger partial charge in [0, 0.05) is 36.6 Å². The van der Waals surface area contributed by atoms with E-state index in [1.165, 1.54) is 30.2 Å². The van der Waals surface area contributed by atoms with Crippen molar-refractivity contribution < 1.29 is 0 Å². The molecule has 6 heterocycles. The van der Waals surface area contributed by atoms with Crippen LogP contribution in [0.25, 0.3) is 38.8 Å². The molecule has 0 bridgehead atoms. The Morgan fingerprint density at radius 3 is 2.77 bits per heavy atom. The summed E-state index contributed by atoms with van der Waals surface area (Å²) in [6.45, 7) is 4.06. The molecular formula is C23H25N7. The standard InChI is InChI=1S/C23H25N7/c1-2-10-30(11-3-1)23-17-13-20(27-18(17)6-9-25-23)22-16-12-19(15-4-7-24-8-5-15)26-14-21(16)28-29-22/h4,6,9,12-14,24,27H,1-3,5,7-8,10-11H2,(H,28,29). The third-order valence-corrected chi connectivity index (χ3v) is 6.28. The van der Waals surface area contributed by atoms with Crippen LogP contribution in [-0.2, 0) is 0 Å². The van der Waals surface area contributed by atoms with Crippen LogP contribution in [0.1, 0.15) is 31.4 Å². The Bertz CT molecular complexity index is 1240. The zero-order valence-corrected chi connectivity index (χ0v) is 16.9. The topological polar surface area (TPSA) is 85.5 Å². The van der Waals surface area contributed by atoms with E-state index in [1.54, 1.807) is 0 Å². The highest BCUT2D eigenvalue weighted by Crippen LogP contribution is 2.33. The Morgan fingerprint density at radius 1 is 0.967 bits per heavy atom. The van der Waals surface area contributed by atoms with Crippen LogP contribution in [0.15, 0.2) is 36.7 Å². The number of rotatable bonds is 3. The molecule has 0 radical (unpaired) electrons. The van der Waals surface area contributed by atoms with Crippen molar-refractivity contribution in [2.75, 3.05) is 31.1 Å². The van der Waals surface area contributed by atoms with E-state index in [1.807, 2.05) is 18.5 Å². The van der Waals surface area contributed by atoms with E-state index < -0.39 is 0 Å². The molecule has 0 atom stereocenters. The maximum atomic E-state index is 4.72. The Morgan fingerprint density at radius 2 is 1.90 bits per heavy atom. The fourth-order valence-corrected chi connectivity index (χ4v) is 4.68. The van der Waals surface area contributed by atoms with Gasteiger partial charge in [0.1, 0.15) is 11.5 Å². The average molecular weight is 400 g/mol. The number of aromatic amines is 2. The van der Waals surface area contributed by atoms with Gasteiger partial charge in [-0.2, -0.15) is 5.10 Å². The molecule has 0 unspecified atom stereocenters. The summed E-state index contributed by atoms with van der Waals surface area (Å²) in [5.41, 5.74) is 6.35. The molecule has 152 valence electrons. The number of nitrogens with zero attached hydrogens (tertiary/aromatic N) is 4. The summed E-state index contributed by atoms with van der Waals surface area (Å²) in [5, 5.41) is 13.4. The first-order chi connectivity index (χ1) is 14.9. The predicted molar refractivity (Wildman–Crippen MR) is 121 cm³/mol. The monoisotopic (exact) mass is 399 g/mol. The van der Waals surface area contributed by atoms with Crippen molar-refractivity contribution in [3.63, 3.8) is 0 Å². The van der Waals surface area contributed by atoms with Gasteiger partial charge in [-0.05, 0) is 56.0 Å². The Kier molecular flexibility index (Phi) is 4.27. The first-order valence-electron chi connectivity index (χ1n) is 10.8. The number of pyridine rings is 2. The van der Waals surface area contributed by atoms with Crippen LogP contribution in [0, 0.1) is 0 Å². The Hall–Kier alpha value is -3.19. The van der Waals surface area contributed by atoms with Crippen molar-refractivity contribution in [3.05, 3.63) is 42.4 Å². The summed E-state index contributed by atoms with van der Waals surface area (Å²) in [6, 6.07) is 6.42. The summed E-state index contributed by atoms with van der Waals surface area (Å²) in [5.74, 6) is 1.08. The molecule has 7 nitrogen and oxygen atoms in total. The van der Waals surface area contributed by atoms with Gasteiger partial charge in [0.25, 0.3) is 0 Å². The summed E-state index contributed by atoms with van der Waals surface area (Å²) in [7, 11) is 0. The highest BCUT2D eigenvalue weighted by atomic mass is 15.2. The number of nitrogens with one attached hydrogen (secondary N) is 3. The normalized spacial score (nSPS) is 17.6. The molecule has 0 amide bonds. The van der Waals surface area contributed by atoms with Gasteiger partial charge in [-0.1, -0.05) is 6.08 Å². The average Bonchev–Trinajstić information content (AvgIpc) is 3.43. The molecule has 2 aliphatic heterocycles. The van der Waals surface area contributed by atoms with Crippen LogP contribution in [0.5, 0.6) is 0 Å². The lowest BCUT2D eigenvalue weighted by Crippen LogP contribution is -2.30. The van der Waals surface area contributed by atoms with Crippen LogP contribution in [0.3, 0.4) is 0 Å². The zero-order valence-electron chi connectivity index (χ0n) is 16.9. The molecule has 30 heavy (non-hydrogen) atoms. The number of aromatic nitrogens is 5. The first kappa shape index (κ1) is 17.7. The van der Waals surface area contributed by atoms with E-state index in [-0.39, 0.29) is 0 Å². The first-order valence-corrected chi connectivity index (χ1v) is 10.8. The molecule has 3 N–H and O–H groups in total. The van der Waals surface area contributed by atoms with Crippen molar-refractivity contribution in [3.8, 4) is 11.4 Å².